The van der Waals surface area contributed by atoms with Gasteiger partial charge in [0.25, 0.3) is 0 Å². The summed E-state index contributed by atoms with van der Waals surface area (Å²) in [5.74, 6) is 0.996. The second kappa shape index (κ2) is 5.44. The van der Waals surface area contributed by atoms with Crippen LogP contribution in [0.4, 0.5) is 0 Å². The number of aliphatic hydroxyl groups is 1. The van der Waals surface area contributed by atoms with Gasteiger partial charge in [-0.2, -0.15) is 0 Å². The van der Waals surface area contributed by atoms with Gasteiger partial charge in [-0.05, 0) is 49.0 Å². The monoisotopic (exact) mass is 386 g/mol. The molecule has 5 heteroatoms. The maximum absolute atomic E-state index is 12.4. The first-order valence-corrected chi connectivity index (χ1v) is 10.5. The smallest absolute Gasteiger partial charge is 0.342 e. The summed E-state index contributed by atoms with van der Waals surface area (Å²) in [5.41, 5.74) is 1.14. The summed E-state index contributed by atoms with van der Waals surface area (Å²) in [6, 6.07) is 1.67. The van der Waals surface area contributed by atoms with Crippen molar-refractivity contribution in [3.05, 3.63) is 22.8 Å². The fourth-order valence-corrected chi connectivity index (χ4v) is 7.09. The standard InChI is InChI=1S/C23H30O5/c1-12-5-6-16-21(2,3)17(25)7-8-22(16,4)23(12)10-14-15(24)9-13-11-27-20(26)18(13)19(14)28-23/h9,12,16-17,24-25H,5-8,10-11H2,1-4H3. The second-order valence-corrected chi connectivity index (χ2v) is 10.3. The van der Waals surface area contributed by atoms with Crippen LogP contribution in [0.5, 0.6) is 11.5 Å². The molecule has 1 aromatic rings. The quantitative estimate of drug-likeness (QED) is 0.660. The molecular weight excluding hydrogens is 356 g/mol. The topological polar surface area (TPSA) is 76.0 Å². The molecule has 0 amide bonds. The summed E-state index contributed by atoms with van der Waals surface area (Å²) in [5, 5.41) is 21.4. The summed E-state index contributed by atoms with van der Waals surface area (Å²) in [6.45, 7) is 9.10. The van der Waals surface area contributed by atoms with Gasteiger partial charge in [0.15, 0.2) is 0 Å². The summed E-state index contributed by atoms with van der Waals surface area (Å²) < 4.78 is 12.0. The highest BCUT2D eigenvalue weighted by atomic mass is 16.5. The Morgan fingerprint density at radius 3 is 2.68 bits per heavy atom. The largest absolute Gasteiger partial charge is 0.508 e. The Hall–Kier alpha value is -1.75. The third-order valence-corrected chi connectivity index (χ3v) is 8.84. The van der Waals surface area contributed by atoms with E-state index in [0.717, 1.165) is 31.2 Å². The zero-order valence-corrected chi connectivity index (χ0v) is 17.2. The zero-order chi connectivity index (χ0) is 20.1. The van der Waals surface area contributed by atoms with E-state index in [1.54, 1.807) is 6.07 Å². The van der Waals surface area contributed by atoms with Crippen LogP contribution in [-0.4, -0.2) is 27.9 Å². The van der Waals surface area contributed by atoms with Crippen molar-refractivity contribution in [1.82, 2.24) is 0 Å². The molecule has 1 spiro atoms. The van der Waals surface area contributed by atoms with Crippen molar-refractivity contribution < 1.29 is 24.5 Å². The first-order chi connectivity index (χ1) is 13.1. The van der Waals surface area contributed by atoms with E-state index in [4.69, 9.17) is 9.47 Å². The molecule has 0 bridgehead atoms. The van der Waals surface area contributed by atoms with E-state index in [1.807, 2.05) is 0 Å². The number of ether oxygens (including phenoxy) is 2. The molecule has 2 fully saturated rings. The SMILES string of the molecule is CC1CCC2C(C)(C)C(O)CCC2(C)C12Cc1c(O)cc3c(c1O2)C(=O)OC3. The van der Waals surface area contributed by atoms with Gasteiger partial charge in [-0.25, -0.2) is 4.79 Å². The Kier molecular flexibility index (Phi) is 3.55. The Morgan fingerprint density at radius 1 is 1.18 bits per heavy atom. The summed E-state index contributed by atoms with van der Waals surface area (Å²) >= 11 is 0. The third kappa shape index (κ3) is 1.99. The van der Waals surface area contributed by atoms with Crippen molar-refractivity contribution in [2.75, 3.05) is 0 Å². The van der Waals surface area contributed by atoms with Gasteiger partial charge in [0.05, 0.1) is 6.10 Å². The van der Waals surface area contributed by atoms with E-state index in [-0.39, 0.29) is 35.3 Å². The molecule has 5 nitrogen and oxygen atoms in total. The molecule has 28 heavy (non-hydrogen) atoms. The number of rotatable bonds is 0. The molecule has 2 saturated carbocycles. The minimum Gasteiger partial charge on any atom is -0.508 e. The van der Waals surface area contributed by atoms with Crippen LogP contribution in [0.25, 0.3) is 0 Å². The lowest BCUT2D eigenvalue weighted by Crippen LogP contribution is -2.66. The van der Waals surface area contributed by atoms with Crippen LogP contribution >= 0.6 is 0 Å². The van der Waals surface area contributed by atoms with Gasteiger partial charge in [0.2, 0.25) is 0 Å². The van der Waals surface area contributed by atoms with Crippen LogP contribution in [0.15, 0.2) is 6.07 Å². The van der Waals surface area contributed by atoms with Gasteiger partial charge in [-0.3, -0.25) is 0 Å². The first-order valence-electron chi connectivity index (χ1n) is 10.5. The molecule has 0 saturated heterocycles. The minimum absolute atomic E-state index is 0.145. The third-order valence-electron chi connectivity index (χ3n) is 8.84. The maximum atomic E-state index is 12.4. The molecule has 5 atom stereocenters. The molecule has 2 aliphatic carbocycles. The number of phenols is 1. The average molecular weight is 386 g/mol. The lowest BCUT2D eigenvalue weighted by atomic mass is 9.43. The second-order valence-electron chi connectivity index (χ2n) is 10.3. The van der Waals surface area contributed by atoms with E-state index in [0.29, 0.717) is 35.1 Å². The highest BCUT2D eigenvalue weighted by Gasteiger charge is 2.67. The number of benzene rings is 1. The van der Waals surface area contributed by atoms with E-state index >= 15 is 0 Å². The molecule has 0 aromatic heterocycles. The van der Waals surface area contributed by atoms with E-state index in [9.17, 15) is 15.0 Å². The Morgan fingerprint density at radius 2 is 1.93 bits per heavy atom. The van der Waals surface area contributed by atoms with Gasteiger partial charge < -0.3 is 19.7 Å². The molecule has 5 rings (SSSR count). The normalized spacial score (nSPS) is 40.5. The molecule has 1 aromatic carbocycles. The van der Waals surface area contributed by atoms with E-state index in [1.165, 1.54) is 0 Å². The minimum atomic E-state index is -0.481. The number of aliphatic hydroxyl groups excluding tert-OH is 1. The number of carbonyl (C=O) groups excluding carboxylic acids is 1. The highest BCUT2D eigenvalue weighted by molar-refractivity contribution is 5.97. The lowest BCUT2D eigenvalue weighted by Gasteiger charge is -2.64. The van der Waals surface area contributed by atoms with Gasteiger partial charge in [0, 0.05) is 23.0 Å². The average Bonchev–Trinajstić information content (AvgIpc) is 3.20. The Bertz CT molecular complexity index is 874. The van der Waals surface area contributed by atoms with E-state index in [2.05, 4.69) is 27.7 Å². The van der Waals surface area contributed by atoms with Crippen LogP contribution in [0.1, 0.15) is 74.9 Å². The Labute approximate surface area is 166 Å². The van der Waals surface area contributed by atoms with Crippen molar-refractivity contribution in [1.29, 1.82) is 0 Å². The van der Waals surface area contributed by atoms with Crippen molar-refractivity contribution >= 4 is 5.97 Å². The molecule has 152 valence electrons. The number of cyclic esters (lactones) is 1. The highest BCUT2D eigenvalue weighted by Crippen LogP contribution is 2.67. The van der Waals surface area contributed by atoms with Crippen LogP contribution < -0.4 is 4.74 Å². The van der Waals surface area contributed by atoms with Crippen LogP contribution in [0.2, 0.25) is 0 Å². The summed E-state index contributed by atoms with van der Waals surface area (Å²) in [4.78, 5) is 12.4. The number of carbonyl (C=O) groups is 1. The number of aromatic hydroxyl groups is 1. The van der Waals surface area contributed by atoms with Crippen LogP contribution in [0, 0.1) is 22.7 Å². The first kappa shape index (κ1) is 18.3. The number of hydrogen-bond donors (Lipinski definition) is 2. The molecule has 2 aliphatic heterocycles. The van der Waals surface area contributed by atoms with Gasteiger partial charge in [-0.15, -0.1) is 0 Å². The zero-order valence-electron chi connectivity index (χ0n) is 17.2. The number of hydrogen-bond acceptors (Lipinski definition) is 5. The van der Waals surface area contributed by atoms with Crippen LogP contribution in [-0.2, 0) is 17.8 Å². The molecule has 0 radical (unpaired) electrons. The van der Waals surface area contributed by atoms with Crippen molar-refractivity contribution in [3.8, 4) is 11.5 Å². The predicted molar refractivity (Wildman–Crippen MR) is 103 cm³/mol. The molecule has 2 N–H and O–H groups in total. The van der Waals surface area contributed by atoms with Crippen molar-refractivity contribution in [2.24, 2.45) is 22.7 Å². The Balaban J connectivity index is 1.66. The van der Waals surface area contributed by atoms with Gasteiger partial charge in [0.1, 0.15) is 29.3 Å². The van der Waals surface area contributed by atoms with Gasteiger partial charge >= 0.3 is 5.97 Å². The molecular formula is C23H30O5. The fourth-order valence-electron chi connectivity index (χ4n) is 7.09. The molecule has 4 aliphatic rings. The molecule has 5 unspecified atom stereocenters. The maximum Gasteiger partial charge on any atom is 0.342 e. The van der Waals surface area contributed by atoms with Gasteiger partial charge in [-0.1, -0.05) is 27.7 Å². The predicted octanol–water partition coefficient (Wildman–Crippen LogP) is 3.97. The van der Waals surface area contributed by atoms with Crippen molar-refractivity contribution in [3.63, 3.8) is 0 Å². The number of phenolic OH excluding ortho intramolecular Hbond substituents is 1. The number of esters is 1. The van der Waals surface area contributed by atoms with E-state index < -0.39 is 5.60 Å². The molecule has 2 heterocycles. The summed E-state index contributed by atoms with van der Waals surface area (Å²) in [6.07, 6.45) is 4.00. The van der Waals surface area contributed by atoms with Crippen LogP contribution in [0.3, 0.4) is 0 Å². The fraction of sp³-hybridized carbons (Fsp3) is 0.696. The number of fused-ring (bicyclic) bond motifs is 5. The van der Waals surface area contributed by atoms with Crippen molar-refractivity contribution in [2.45, 2.75) is 78.1 Å². The lowest BCUT2D eigenvalue weighted by molar-refractivity contribution is -0.210. The summed E-state index contributed by atoms with van der Waals surface area (Å²) in [7, 11) is 0.